The molecule has 0 aromatic heterocycles. The van der Waals surface area contributed by atoms with Gasteiger partial charge in [0.25, 0.3) is 0 Å². The summed E-state index contributed by atoms with van der Waals surface area (Å²) in [5.41, 5.74) is 6.12. The number of carboxylic acids is 1. The van der Waals surface area contributed by atoms with Crippen LogP contribution in [0.3, 0.4) is 0 Å². The first-order valence-corrected chi connectivity index (χ1v) is 9.02. The quantitative estimate of drug-likeness (QED) is 0.623. The van der Waals surface area contributed by atoms with Crippen LogP contribution >= 0.6 is 0 Å². The van der Waals surface area contributed by atoms with E-state index in [9.17, 15) is 9.59 Å². The van der Waals surface area contributed by atoms with Gasteiger partial charge >= 0.3 is 5.97 Å². The Kier molecular flexibility index (Phi) is 5.13. The fourth-order valence-electron chi connectivity index (χ4n) is 3.05. The van der Waals surface area contributed by atoms with Crippen LogP contribution < -0.4 is 5.43 Å². The lowest BCUT2D eigenvalue weighted by molar-refractivity contribution is -0.122. The molecule has 2 unspecified atom stereocenters. The number of hydrogen-bond acceptors (Lipinski definition) is 3. The van der Waals surface area contributed by atoms with E-state index in [0.717, 1.165) is 12.0 Å². The summed E-state index contributed by atoms with van der Waals surface area (Å²) in [5, 5.41) is 12.9. The van der Waals surface area contributed by atoms with Gasteiger partial charge in [-0.1, -0.05) is 57.2 Å². The Morgan fingerprint density at radius 2 is 1.70 bits per heavy atom. The Balaban J connectivity index is 1.53. The third-order valence-electron chi connectivity index (χ3n) is 4.88. The first-order valence-electron chi connectivity index (χ1n) is 9.02. The van der Waals surface area contributed by atoms with E-state index in [1.165, 1.54) is 29.5 Å². The topological polar surface area (TPSA) is 78.8 Å². The van der Waals surface area contributed by atoms with Gasteiger partial charge in [-0.05, 0) is 46.6 Å². The smallest absolute Gasteiger partial charge is 0.335 e. The second kappa shape index (κ2) is 7.35. The van der Waals surface area contributed by atoms with Crippen molar-refractivity contribution >= 4 is 18.1 Å². The summed E-state index contributed by atoms with van der Waals surface area (Å²) >= 11 is 0. The van der Waals surface area contributed by atoms with Crippen LogP contribution in [0.5, 0.6) is 0 Å². The molecule has 27 heavy (non-hydrogen) atoms. The molecule has 1 fully saturated rings. The average molecular weight is 364 g/mol. The maximum atomic E-state index is 12.2. The summed E-state index contributed by atoms with van der Waals surface area (Å²) < 4.78 is 0. The van der Waals surface area contributed by atoms with Gasteiger partial charge in [0, 0.05) is 5.92 Å². The molecule has 0 bridgehead atoms. The van der Waals surface area contributed by atoms with Crippen molar-refractivity contribution in [2.24, 2.45) is 11.0 Å². The van der Waals surface area contributed by atoms with Crippen LogP contribution in [0.1, 0.15) is 60.2 Å². The number of nitrogens with one attached hydrogen (secondary N) is 1. The lowest BCUT2D eigenvalue weighted by atomic mass is 9.86. The van der Waals surface area contributed by atoms with E-state index in [2.05, 4.69) is 55.6 Å². The lowest BCUT2D eigenvalue weighted by Gasteiger charge is -2.19. The number of nitrogens with zero attached hydrogens (tertiary/aromatic N) is 1. The Morgan fingerprint density at radius 3 is 2.26 bits per heavy atom. The van der Waals surface area contributed by atoms with E-state index in [4.69, 9.17) is 5.11 Å². The number of carbonyl (C=O) groups is 2. The van der Waals surface area contributed by atoms with Crippen molar-refractivity contribution in [1.82, 2.24) is 5.43 Å². The number of carbonyl (C=O) groups excluding carboxylic acids is 1. The van der Waals surface area contributed by atoms with Gasteiger partial charge in [-0.25, -0.2) is 10.2 Å². The molecule has 0 heterocycles. The van der Waals surface area contributed by atoms with Crippen molar-refractivity contribution in [3.05, 3.63) is 70.8 Å². The highest BCUT2D eigenvalue weighted by molar-refractivity contribution is 5.89. The number of aromatic carboxylic acids is 1. The molecule has 3 rings (SSSR count). The second-order valence-corrected chi connectivity index (χ2v) is 7.98. The van der Waals surface area contributed by atoms with Crippen molar-refractivity contribution in [1.29, 1.82) is 0 Å². The normalized spacial score (nSPS) is 19.1. The molecule has 0 spiro atoms. The van der Waals surface area contributed by atoms with Gasteiger partial charge < -0.3 is 5.11 Å². The minimum atomic E-state index is -0.970. The van der Waals surface area contributed by atoms with Crippen LogP contribution in [0.15, 0.2) is 53.6 Å². The summed E-state index contributed by atoms with van der Waals surface area (Å²) in [7, 11) is 0. The van der Waals surface area contributed by atoms with Gasteiger partial charge in [0.2, 0.25) is 5.91 Å². The summed E-state index contributed by atoms with van der Waals surface area (Å²) in [4.78, 5) is 23.1. The average Bonchev–Trinajstić information content (AvgIpc) is 3.42. The molecule has 2 aromatic rings. The minimum Gasteiger partial charge on any atom is -0.478 e. The van der Waals surface area contributed by atoms with Gasteiger partial charge in [-0.3, -0.25) is 4.79 Å². The monoisotopic (exact) mass is 364 g/mol. The fraction of sp³-hybridized carbons (Fsp3) is 0.318. The molecule has 1 amide bonds. The molecule has 1 aliphatic carbocycles. The summed E-state index contributed by atoms with van der Waals surface area (Å²) in [6.07, 6.45) is 2.35. The molecule has 2 aromatic carbocycles. The number of benzene rings is 2. The zero-order valence-corrected chi connectivity index (χ0v) is 15.8. The van der Waals surface area contributed by atoms with Crippen LogP contribution in [-0.4, -0.2) is 23.2 Å². The SMILES string of the molecule is CC(C)(C)c1ccc(C2CC2C(=O)N/N=C\c2ccc(C(=O)O)cc2)cc1. The molecule has 1 saturated carbocycles. The third kappa shape index (κ3) is 4.61. The minimum absolute atomic E-state index is 0.0444. The Labute approximate surface area is 159 Å². The van der Waals surface area contributed by atoms with E-state index < -0.39 is 5.97 Å². The van der Waals surface area contributed by atoms with Crippen LogP contribution in [0, 0.1) is 5.92 Å². The van der Waals surface area contributed by atoms with Crippen molar-refractivity contribution in [2.75, 3.05) is 0 Å². The molecule has 0 aliphatic heterocycles. The Bertz CT molecular complexity index is 862. The zero-order valence-electron chi connectivity index (χ0n) is 15.8. The predicted octanol–water partition coefficient (Wildman–Crippen LogP) is 3.94. The molecule has 1 aliphatic rings. The van der Waals surface area contributed by atoms with E-state index in [1.807, 2.05) is 0 Å². The molecule has 2 atom stereocenters. The fourth-order valence-corrected chi connectivity index (χ4v) is 3.05. The van der Waals surface area contributed by atoms with Gasteiger partial charge in [0.15, 0.2) is 0 Å². The largest absolute Gasteiger partial charge is 0.478 e. The molecule has 140 valence electrons. The van der Waals surface area contributed by atoms with E-state index in [-0.39, 0.29) is 28.7 Å². The maximum absolute atomic E-state index is 12.2. The van der Waals surface area contributed by atoms with Crippen molar-refractivity contribution in [3.63, 3.8) is 0 Å². The van der Waals surface area contributed by atoms with Gasteiger partial charge in [-0.2, -0.15) is 5.10 Å². The highest BCUT2D eigenvalue weighted by Gasteiger charge is 2.43. The Hall–Kier alpha value is -2.95. The summed E-state index contributed by atoms with van der Waals surface area (Å²) in [6, 6.07) is 14.8. The summed E-state index contributed by atoms with van der Waals surface area (Å²) in [6.45, 7) is 6.55. The van der Waals surface area contributed by atoms with Gasteiger partial charge in [-0.15, -0.1) is 0 Å². The first-order chi connectivity index (χ1) is 12.8. The zero-order chi connectivity index (χ0) is 19.6. The highest BCUT2D eigenvalue weighted by Crippen LogP contribution is 2.47. The third-order valence-corrected chi connectivity index (χ3v) is 4.88. The van der Waals surface area contributed by atoms with Crippen LogP contribution in [0.25, 0.3) is 0 Å². The highest BCUT2D eigenvalue weighted by atomic mass is 16.4. The molecule has 0 saturated heterocycles. The molecule has 2 N–H and O–H groups in total. The number of hydrogen-bond donors (Lipinski definition) is 2. The van der Waals surface area contributed by atoms with Crippen molar-refractivity contribution in [3.8, 4) is 0 Å². The second-order valence-electron chi connectivity index (χ2n) is 7.98. The number of carboxylic acid groups (broad SMARTS) is 1. The van der Waals surface area contributed by atoms with Crippen molar-refractivity contribution < 1.29 is 14.7 Å². The molecular weight excluding hydrogens is 340 g/mol. The number of rotatable bonds is 5. The molecule has 5 nitrogen and oxygen atoms in total. The van der Waals surface area contributed by atoms with Gasteiger partial charge in [0.05, 0.1) is 11.8 Å². The van der Waals surface area contributed by atoms with Crippen LogP contribution in [-0.2, 0) is 10.2 Å². The van der Waals surface area contributed by atoms with Crippen molar-refractivity contribution in [2.45, 2.75) is 38.5 Å². The van der Waals surface area contributed by atoms with Crippen LogP contribution in [0.4, 0.5) is 0 Å². The lowest BCUT2D eigenvalue weighted by Crippen LogP contribution is -2.20. The standard InChI is InChI=1S/C22H24N2O3/c1-22(2,3)17-10-8-15(9-11-17)18-12-19(18)20(25)24-23-13-14-4-6-16(7-5-14)21(26)27/h4-11,13,18-19H,12H2,1-3H3,(H,24,25)(H,26,27)/b23-13-. The van der Waals surface area contributed by atoms with Gasteiger partial charge in [0.1, 0.15) is 0 Å². The summed E-state index contributed by atoms with van der Waals surface area (Å²) in [5.74, 6) is -0.846. The number of amides is 1. The van der Waals surface area contributed by atoms with Crippen LogP contribution in [0.2, 0.25) is 0 Å². The molecular formula is C22H24N2O3. The van der Waals surface area contributed by atoms with E-state index >= 15 is 0 Å². The maximum Gasteiger partial charge on any atom is 0.335 e. The first kappa shape index (κ1) is 18.8. The van der Waals surface area contributed by atoms with E-state index in [0.29, 0.717) is 0 Å². The molecule has 0 radical (unpaired) electrons. The Morgan fingerprint density at radius 1 is 1.07 bits per heavy atom. The number of hydrazone groups is 1. The predicted molar refractivity (Wildman–Crippen MR) is 105 cm³/mol. The molecule has 5 heteroatoms. The van der Waals surface area contributed by atoms with E-state index in [1.54, 1.807) is 12.1 Å².